The highest BCUT2D eigenvalue weighted by Gasteiger charge is 2.39. The lowest BCUT2D eigenvalue weighted by Crippen LogP contribution is -2.63. The molecule has 0 aromatic heterocycles. The summed E-state index contributed by atoms with van der Waals surface area (Å²) in [6, 6.07) is 2.61. The van der Waals surface area contributed by atoms with Crippen molar-refractivity contribution in [1.29, 1.82) is 0 Å². The number of nitrogens with one attached hydrogen (secondary N) is 5. The van der Waals surface area contributed by atoms with Crippen LogP contribution < -0.4 is 26.6 Å². The van der Waals surface area contributed by atoms with Crippen LogP contribution in [0.25, 0.3) is 0 Å². The maximum atomic E-state index is 14.1. The van der Waals surface area contributed by atoms with E-state index >= 15 is 0 Å². The number of aliphatic hydroxyl groups excluding tert-OH is 1. The van der Waals surface area contributed by atoms with Crippen molar-refractivity contribution >= 4 is 46.3 Å². The average molecular weight is 687 g/mol. The summed E-state index contributed by atoms with van der Waals surface area (Å²) in [7, 11) is 0. The van der Waals surface area contributed by atoms with Crippen LogP contribution in [0.3, 0.4) is 0 Å². The van der Waals surface area contributed by atoms with Crippen LogP contribution >= 0.6 is 11.8 Å². The van der Waals surface area contributed by atoms with Gasteiger partial charge in [-0.25, -0.2) is 0 Å². The Bertz CT molecular complexity index is 1370. The molecule has 2 heterocycles. The van der Waals surface area contributed by atoms with Crippen molar-refractivity contribution in [1.82, 2.24) is 26.6 Å². The molecule has 0 saturated carbocycles. The first-order valence-corrected chi connectivity index (χ1v) is 17.3. The number of amides is 5. The molecule has 1 aromatic rings. The molecule has 2 bridgehead atoms. The van der Waals surface area contributed by atoms with Crippen molar-refractivity contribution in [2.24, 2.45) is 10.9 Å². The van der Waals surface area contributed by atoms with Crippen molar-refractivity contribution in [2.45, 2.75) is 115 Å². The molecule has 5 amide bonds. The van der Waals surface area contributed by atoms with Gasteiger partial charge < -0.3 is 36.4 Å². The number of rotatable bonds is 9. The first kappa shape index (κ1) is 38.7. The van der Waals surface area contributed by atoms with Gasteiger partial charge >= 0.3 is 0 Å². The number of carbonyl (C=O) groups excluding carboxylic acids is 5. The van der Waals surface area contributed by atoms with Gasteiger partial charge in [-0.05, 0) is 46.1 Å². The van der Waals surface area contributed by atoms with Gasteiger partial charge in [0.25, 0.3) is 0 Å². The van der Waals surface area contributed by atoms with Crippen LogP contribution in [0.5, 0.6) is 0 Å². The van der Waals surface area contributed by atoms with Gasteiger partial charge in [0, 0.05) is 12.2 Å². The van der Waals surface area contributed by atoms with Crippen molar-refractivity contribution in [3.05, 3.63) is 48.6 Å². The van der Waals surface area contributed by atoms with Crippen molar-refractivity contribution in [3.63, 3.8) is 0 Å². The molecule has 3 rings (SSSR count). The molecule has 0 saturated heterocycles. The van der Waals surface area contributed by atoms with E-state index in [4.69, 9.17) is 4.74 Å². The smallest absolute Gasteiger partial charge is 0.246 e. The number of ether oxygens (including phenoxy) is 1. The van der Waals surface area contributed by atoms with E-state index in [1.807, 2.05) is 19.9 Å². The van der Waals surface area contributed by atoms with Gasteiger partial charge in [-0.1, -0.05) is 56.7 Å². The predicted molar refractivity (Wildman–Crippen MR) is 185 cm³/mol. The molecule has 1 aromatic carbocycles. The molecule has 9 atom stereocenters. The zero-order chi connectivity index (χ0) is 35.8. The maximum Gasteiger partial charge on any atom is 0.246 e. The predicted octanol–water partition coefficient (Wildman–Crippen LogP) is 0.997. The minimum atomic E-state index is -1.37. The molecule has 48 heavy (non-hydrogen) atoms. The molecule has 2 aliphatic rings. The van der Waals surface area contributed by atoms with Gasteiger partial charge in [0.2, 0.25) is 29.5 Å². The fourth-order valence-electron chi connectivity index (χ4n) is 5.29. The van der Waals surface area contributed by atoms with E-state index in [9.17, 15) is 29.1 Å². The highest BCUT2D eigenvalue weighted by atomic mass is 32.2. The zero-order valence-corrected chi connectivity index (χ0v) is 29.6. The minimum Gasteiger partial charge on any atom is -0.391 e. The Morgan fingerprint density at radius 2 is 1.50 bits per heavy atom. The van der Waals surface area contributed by atoms with Gasteiger partial charge in [-0.15, -0.1) is 18.3 Å². The number of thioether (sulfide) groups is 1. The minimum absolute atomic E-state index is 0.0391. The first-order chi connectivity index (χ1) is 22.6. The molecule has 14 heteroatoms. The summed E-state index contributed by atoms with van der Waals surface area (Å²) in [5.41, 5.74) is -0.165. The van der Waals surface area contributed by atoms with E-state index in [0.29, 0.717) is 17.2 Å². The molecule has 2 aliphatic heterocycles. The van der Waals surface area contributed by atoms with Crippen LogP contribution in [0, 0.1) is 5.92 Å². The van der Waals surface area contributed by atoms with E-state index in [1.54, 1.807) is 58.0 Å². The van der Waals surface area contributed by atoms with Crippen LogP contribution in [0.1, 0.15) is 60.5 Å². The second-order valence-electron chi connectivity index (χ2n) is 13.0. The molecular formula is C34H50N6O7S. The third kappa shape index (κ3) is 10.4. The number of aliphatic imine (C=N–C) groups is 1. The Kier molecular flexibility index (Phi) is 13.8. The monoisotopic (exact) mass is 686 g/mol. The van der Waals surface area contributed by atoms with Crippen LogP contribution in [0.2, 0.25) is 0 Å². The van der Waals surface area contributed by atoms with E-state index in [0.717, 1.165) is 5.56 Å². The highest BCUT2D eigenvalue weighted by Crippen LogP contribution is 2.22. The SMILES string of the molecule is C=CC(C)(C)OC(C)[C@H]1NC(=O)[C@H](C(C)CC)NC(=O)[C@@H]2CSC(=N2)[C@H](C)NC(=O)[C@H](C(C)O)NC(=O)[C@H](Cc2ccccc2)NC1=O. The van der Waals surface area contributed by atoms with Crippen LogP contribution in [-0.2, 0) is 35.1 Å². The second-order valence-corrected chi connectivity index (χ2v) is 14.0. The number of hydrogen-bond acceptors (Lipinski definition) is 9. The van der Waals surface area contributed by atoms with Gasteiger partial charge in [0.15, 0.2) is 0 Å². The molecule has 13 nitrogen and oxygen atoms in total. The summed E-state index contributed by atoms with van der Waals surface area (Å²) in [6.45, 7) is 15.7. The number of fused-ring (bicyclic) bond motifs is 1. The fraction of sp³-hybridized carbons (Fsp3) is 0.588. The van der Waals surface area contributed by atoms with Gasteiger partial charge in [0.05, 0.1) is 28.9 Å². The number of hydrogen-bond donors (Lipinski definition) is 6. The Morgan fingerprint density at radius 1 is 0.917 bits per heavy atom. The fourth-order valence-corrected chi connectivity index (χ4v) is 6.36. The number of carbonyl (C=O) groups is 5. The molecular weight excluding hydrogens is 636 g/mol. The summed E-state index contributed by atoms with van der Waals surface area (Å²) in [5, 5.41) is 24.8. The third-order valence-electron chi connectivity index (χ3n) is 8.51. The number of nitrogens with zero attached hydrogens (tertiary/aromatic N) is 1. The molecule has 6 N–H and O–H groups in total. The van der Waals surface area contributed by atoms with Gasteiger partial charge in [-0.3, -0.25) is 29.0 Å². The van der Waals surface area contributed by atoms with Gasteiger partial charge in [0.1, 0.15) is 30.2 Å². The normalized spacial score (nSPS) is 28.2. The second kappa shape index (κ2) is 17.1. The standard InChI is InChI=1S/C34H50N6O7S/c1-9-18(3)25-30(44)40-27(21(6)47-34(7,8)10-2)32(46)36-23(16-22-14-12-11-13-15-22)28(42)39-26(20(5)41)31(45)35-19(4)33-37-24(17-48-33)29(43)38-25/h10-15,18-21,23-27,41H,2,9,16-17H2,1,3-8H3,(H,35,45)(H,36,46)(H,38,43)(H,39,42)(H,40,44)/t18?,19-,20?,21?,23-,24-,25-,26-,27+/m0/s1. The molecule has 3 unspecified atom stereocenters. The molecule has 0 fully saturated rings. The summed E-state index contributed by atoms with van der Waals surface area (Å²) < 4.78 is 6.13. The highest BCUT2D eigenvalue weighted by molar-refractivity contribution is 8.14. The lowest BCUT2D eigenvalue weighted by molar-refractivity contribution is -0.140. The van der Waals surface area contributed by atoms with E-state index in [1.165, 1.54) is 18.7 Å². The Labute approximate surface area is 286 Å². The number of benzene rings is 1. The van der Waals surface area contributed by atoms with E-state index in [-0.39, 0.29) is 12.3 Å². The van der Waals surface area contributed by atoms with Crippen molar-refractivity contribution in [3.8, 4) is 0 Å². The van der Waals surface area contributed by atoms with Crippen molar-refractivity contribution < 1.29 is 33.8 Å². The third-order valence-corrected chi connectivity index (χ3v) is 9.74. The quantitative estimate of drug-likeness (QED) is 0.208. The van der Waals surface area contributed by atoms with Crippen molar-refractivity contribution in [2.75, 3.05) is 5.75 Å². The van der Waals surface area contributed by atoms with Gasteiger partial charge in [-0.2, -0.15) is 0 Å². The Morgan fingerprint density at radius 3 is 2.10 bits per heavy atom. The molecule has 0 aliphatic carbocycles. The first-order valence-electron chi connectivity index (χ1n) is 16.3. The average Bonchev–Trinajstić information content (AvgIpc) is 3.54. The van der Waals surface area contributed by atoms with E-state index < -0.39 is 83.6 Å². The molecule has 264 valence electrons. The lowest BCUT2D eigenvalue weighted by atomic mass is 9.97. The summed E-state index contributed by atoms with van der Waals surface area (Å²) in [6.07, 6.45) is -0.0647. The Hall–Kier alpha value is -3.75. The van der Waals surface area contributed by atoms with Crippen LogP contribution in [0.4, 0.5) is 0 Å². The zero-order valence-electron chi connectivity index (χ0n) is 28.7. The Balaban J connectivity index is 2.10. The summed E-state index contributed by atoms with van der Waals surface area (Å²) in [5.74, 6) is -3.19. The van der Waals surface area contributed by atoms with Crippen LogP contribution in [0.15, 0.2) is 48.0 Å². The van der Waals surface area contributed by atoms with Crippen LogP contribution in [-0.4, -0.2) is 99.5 Å². The topological polar surface area (TPSA) is 187 Å². The number of aliphatic hydroxyl groups is 1. The summed E-state index contributed by atoms with van der Waals surface area (Å²) in [4.78, 5) is 73.2. The lowest BCUT2D eigenvalue weighted by Gasteiger charge is -2.34. The van der Waals surface area contributed by atoms with E-state index in [2.05, 4.69) is 38.2 Å². The molecule has 0 spiro atoms. The maximum absolute atomic E-state index is 14.1. The largest absolute Gasteiger partial charge is 0.391 e. The molecule has 0 radical (unpaired) electrons. The summed E-state index contributed by atoms with van der Waals surface area (Å²) >= 11 is 1.30.